The molecule has 0 saturated heterocycles. The summed E-state index contributed by atoms with van der Waals surface area (Å²) in [5, 5.41) is 5.74. The van der Waals surface area contributed by atoms with Gasteiger partial charge >= 0.3 is 0 Å². The largest absolute Gasteiger partial charge is 0.493 e. The highest BCUT2D eigenvalue weighted by Gasteiger charge is 2.18. The van der Waals surface area contributed by atoms with Gasteiger partial charge in [-0.15, -0.1) is 0 Å². The van der Waals surface area contributed by atoms with Crippen LogP contribution in [0.2, 0.25) is 0 Å². The van der Waals surface area contributed by atoms with Gasteiger partial charge in [0.25, 0.3) is 10.0 Å². The van der Waals surface area contributed by atoms with E-state index in [1.165, 1.54) is 50.6 Å². The van der Waals surface area contributed by atoms with Crippen LogP contribution in [0.15, 0.2) is 60.1 Å². The maximum Gasteiger partial charge on any atom is 0.280 e. The SMILES string of the molecule is COc1cc(Nc2ncc(F)c(Nc3ccc(NS(=O)(=O)c4cn(C)cn4)cc3)n2)cc(OC)c1OC. The number of rotatable bonds is 10. The molecule has 4 aromatic rings. The average molecular weight is 530 g/mol. The number of hydrogen-bond donors (Lipinski definition) is 3. The Morgan fingerprint density at radius 1 is 0.892 bits per heavy atom. The second-order valence-corrected chi connectivity index (χ2v) is 9.24. The number of aromatic nitrogens is 4. The molecule has 4 rings (SSSR count). The number of benzene rings is 2. The number of nitrogens with one attached hydrogen (secondary N) is 3. The van der Waals surface area contributed by atoms with Crippen LogP contribution in [-0.2, 0) is 17.1 Å². The van der Waals surface area contributed by atoms with Crippen LogP contribution in [0.1, 0.15) is 0 Å². The molecule has 2 heterocycles. The van der Waals surface area contributed by atoms with E-state index in [4.69, 9.17) is 14.2 Å². The Kier molecular flexibility index (Phi) is 7.29. The van der Waals surface area contributed by atoms with Crippen molar-refractivity contribution in [2.24, 2.45) is 7.05 Å². The van der Waals surface area contributed by atoms with Crippen LogP contribution in [0.25, 0.3) is 0 Å². The Labute approximate surface area is 212 Å². The van der Waals surface area contributed by atoms with E-state index < -0.39 is 15.8 Å². The molecule has 0 amide bonds. The number of halogens is 1. The third kappa shape index (κ3) is 5.81. The number of ether oxygens (including phenoxy) is 3. The van der Waals surface area contributed by atoms with Gasteiger partial charge in [0.1, 0.15) is 0 Å². The van der Waals surface area contributed by atoms with Crippen LogP contribution >= 0.6 is 0 Å². The van der Waals surface area contributed by atoms with Crippen molar-refractivity contribution in [3.63, 3.8) is 0 Å². The molecule has 194 valence electrons. The minimum atomic E-state index is -3.84. The molecule has 2 aromatic heterocycles. The van der Waals surface area contributed by atoms with Gasteiger partial charge in [-0.2, -0.15) is 13.4 Å². The molecule has 0 radical (unpaired) electrons. The van der Waals surface area contributed by atoms with Gasteiger partial charge in [0.05, 0.1) is 33.9 Å². The summed E-state index contributed by atoms with van der Waals surface area (Å²) in [4.78, 5) is 12.0. The van der Waals surface area contributed by atoms with Gasteiger partial charge in [-0.3, -0.25) is 4.72 Å². The summed E-state index contributed by atoms with van der Waals surface area (Å²) in [6.45, 7) is 0. The molecule has 12 nitrogen and oxygen atoms in total. The molecule has 3 N–H and O–H groups in total. The predicted octanol–water partition coefficient (Wildman–Crippen LogP) is 3.66. The molecular formula is C23H24FN7O5S. The lowest BCUT2D eigenvalue weighted by Crippen LogP contribution is -2.13. The first-order valence-corrected chi connectivity index (χ1v) is 12.2. The Bertz CT molecular complexity index is 1490. The second-order valence-electron chi connectivity index (χ2n) is 7.61. The molecule has 37 heavy (non-hydrogen) atoms. The maximum absolute atomic E-state index is 14.4. The van der Waals surface area contributed by atoms with Crippen molar-refractivity contribution in [1.82, 2.24) is 19.5 Å². The first-order chi connectivity index (χ1) is 17.7. The van der Waals surface area contributed by atoms with Gasteiger partial charge in [0, 0.05) is 42.4 Å². The number of nitrogens with zero attached hydrogens (tertiary/aromatic N) is 4. The van der Waals surface area contributed by atoms with Gasteiger partial charge in [-0.05, 0) is 24.3 Å². The van der Waals surface area contributed by atoms with E-state index >= 15 is 0 Å². The highest BCUT2D eigenvalue weighted by molar-refractivity contribution is 7.92. The lowest BCUT2D eigenvalue weighted by Gasteiger charge is -2.15. The number of anilines is 5. The monoisotopic (exact) mass is 529 g/mol. The molecule has 0 saturated carbocycles. The van der Waals surface area contributed by atoms with Crippen molar-refractivity contribution in [3.8, 4) is 17.2 Å². The van der Waals surface area contributed by atoms with Crippen LogP contribution in [0.3, 0.4) is 0 Å². The number of methoxy groups -OCH3 is 3. The Hall–Kier alpha value is -4.59. The minimum absolute atomic E-state index is 0.0910. The molecule has 0 aliphatic heterocycles. The summed E-state index contributed by atoms with van der Waals surface area (Å²) in [5.41, 5.74) is 1.30. The molecule has 0 spiro atoms. The van der Waals surface area contributed by atoms with E-state index in [2.05, 4.69) is 30.3 Å². The van der Waals surface area contributed by atoms with Crippen molar-refractivity contribution >= 4 is 38.9 Å². The smallest absolute Gasteiger partial charge is 0.280 e. The van der Waals surface area contributed by atoms with E-state index in [0.717, 1.165) is 6.20 Å². The summed E-state index contributed by atoms with van der Waals surface area (Å²) in [7, 11) is 2.31. The van der Waals surface area contributed by atoms with Crippen molar-refractivity contribution in [2.45, 2.75) is 5.03 Å². The molecule has 14 heteroatoms. The van der Waals surface area contributed by atoms with Gasteiger partial charge in [0.2, 0.25) is 11.7 Å². The molecular weight excluding hydrogens is 505 g/mol. The molecule has 2 aromatic carbocycles. The highest BCUT2D eigenvalue weighted by Crippen LogP contribution is 2.40. The highest BCUT2D eigenvalue weighted by atomic mass is 32.2. The lowest BCUT2D eigenvalue weighted by atomic mass is 10.2. The summed E-state index contributed by atoms with van der Waals surface area (Å²) < 4.78 is 59.3. The normalized spacial score (nSPS) is 11.1. The Morgan fingerprint density at radius 3 is 2.11 bits per heavy atom. The second kappa shape index (κ2) is 10.6. The number of hydrogen-bond acceptors (Lipinski definition) is 10. The van der Waals surface area contributed by atoms with Crippen LogP contribution in [0.5, 0.6) is 17.2 Å². The molecule has 0 aliphatic rings. The minimum Gasteiger partial charge on any atom is -0.493 e. The van der Waals surface area contributed by atoms with Gasteiger partial charge in [0.15, 0.2) is 28.2 Å². The molecule has 0 fully saturated rings. The quantitative estimate of drug-likeness (QED) is 0.279. The standard InChI is InChI=1S/C23H24FN7O5S/c1-31-12-20(26-13-31)37(32,33)30-15-7-5-14(6-8-15)27-22-17(24)11-25-23(29-22)28-16-9-18(34-2)21(36-4)19(10-16)35-3/h5-13,30H,1-4H3,(H2,25,27,28,29). The van der Waals surface area contributed by atoms with E-state index in [0.29, 0.717) is 34.3 Å². The molecule has 0 aliphatic carbocycles. The van der Waals surface area contributed by atoms with E-state index in [1.807, 2.05) is 0 Å². The van der Waals surface area contributed by atoms with E-state index in [9.17, 15) is 12.8 Å². The van der Waals surface area contributed by atoms with Crippen molar-refractivity contribution < 1.29 is 27.0 Å². The maximum atomic E-state index is 14.4. The average Bonchev–Trinajstić information content (AvgIpc) is 3.33. The van der Waals surface area contributed by atoms with Crippen molar-refractivity contribution in [3.05, 3.63) is 60.9 Å². The topological polar surface area (TPSA) is 142 Å². The summed E-state index contributed by atoms with van der Waals surface area (Å²) in [6, 6.07) is 9.51. The Morgan fingerprint density at radius 2 is 1.54 bits per heavy atom. The van der Waals surface area contributed by atoms with Crippen LogP contribution in [-0.4, -0.2) is 49.3 Å². The van der Waals surface area contributed by atoms with Gasteiger partial charge in [-0.1, -0.05) is 0 Å². The number of aryl methyl sites for hydroxylation is 1. The fourth-order valence-corrected chi connectivity index (χ4v) is 4.33. The summed E-state index contributed by atoms with van der Waals surface area (Å²) >= 11 is 0. The summed E-state index contributed by atoms with van der Waals surface area (Å²) in [6.07, 6.45) is 3.80. The van der Waals surface area contributed by atoms with Gasteiger partial charge in [-0.25, -0.2) is 14.4 Å². The predicted molar refractivity (Wildman–Crippen MR) is 135 cm³/mol. The lowest BCUT2D eigenvalue weighted by molar-refractivity contribution is 0.324. The zero-order chi connectivity index (χ0) is 26.6. The molecule has 0 bridgehead atoms. The number of sulfonamides is 1. The van der Waals surface area contributed by atoms with Crippen molar-refractivity contribution in [1.29, 1.82) is 0 Å². The van der Waals surface area contributed by atoms with E-state index in [1.54, 1.807) is 31.3 Å². The first-order valence-electron chi connectivity index (χ1n) is 10.7. The third-order valence-corrected chi connectivity index (χ3v) is 6.29. The molecule has 0 atom stereocenters. The van der Waals surface area contributed by atoms with Crippen LogP contribution in [0.4, 0.5) is 33.2 Å². The number of imidazole rings is 1. The van der Waals surface area contributed by atoms with Crippen LogP contribution in [0, 0.1) is 5.82 Å². The van der Waals surface area contributed by atoms with Gasteiger partial charge < -0.3 is 29.4 Å². The zero-order valence-corrected chi connectivity index (χ0v) is 21.1. The Balaban J connectivity index is 1.50. The molecule has 0 unspecified atom stereocenters. The third-order valence-electron chi connectivity index (χ3n) is 5.02. The van der Waals surface area contributed by atoms with Crippen LogP contribution < -0.4 is 29.6 Å². The van der Waals surface area contributed by atoms with Crippen molar-refractivity contribution in [2.75, 3.05) is 36.7 Å². The zero-order valence-electron chi connectivity index (χ0n) is 20.3. The van der Waals surface area contributed by atoms with E-state index in [-0.39, 0.29) is 16.8 Å². The first kappa shape index (κ1) is 25.5. The fourth-order valence-electron chi connectivity index (χ4n) is 3.29. The fraction of sp³-hybridized carbons (Fsp3) is 0.174. The summed E-state index contributed by atoms with van der Waals surface area (Å²) in [5.74, 6) is 0.593.